The maximum Gasteiger partial charge on any atom is 0.227 e. The maximum absolute atomic E-state index is 12.4. The number of rotatable bonds is 7. The topological polar surface area (TPSA) is 84.2 Å². The number of anilines is 1. The van der Waals surface area contributed by atoms with Crippen molar-refractivity contribution in [3.63, 3.8) is 0 Å². The van der Waals surface area contributed by atoms with Crippen LogP contribution >= 0.6 is 0 Å². The molecular weight excluding hydrogens is 350 g/mol. The zero-order chi connectivity index (χ0) is 19.8. The molecule has 4 N–H and O–H groups in total. The van der Waals surface area contributed by atoms with Crippen molar-refractivity contribution in [3.8, 4) is 0 Å². The van der Waals surface area contributed by atoms with Crippen molar-refractivity contribution in [1.82, 2.24) is 5.32 Å². The van der Waals surface area contributed by atoms with E-state index < -0.39 is 0 Å². The summed E-state index contributed by atoms with van der Waals surface area (Å²) in [5, 5.41) is 5.93. The second-order valence-electron chi connectivity index (χ2n) is 7.52. The van der Waals surface area contributed by atoms with Crippen molar-refractivity contribution in [2.24, 2.45) is 11.7 Å². The summed E-state index contributed by atoms with van der Waals surface area (Å²) in [7, 11) is 0. The van der Waals surface area contributed by atoms with Crippen LogP contribution in [0.4, 0.5) is 5.69 Å². The highest BCUT2D eigenvalue weighted by molar-refractivity contribution is 5.92. The molecule has 28 heavy (non-hydrogen) atoms. The van der Waals surface area contributed by atoms with E-state index in [-0.39, 0.29) is 30.2 Å². The Morgan fingerprint density at radius 3 is 2.50 bits per heavy atom. The predicted octanol–water partition coefficient (Wildman–Crippen LogP) is 3.91. The molecule has 1 atom stereocenters. The Kier molecular flexibility index (Phi) is 7.20. The highest BCUT2D eigenvalue weighted by atomic mass is 16.2. The third kappa shape index (κ3) is 5.92. The minimum atomic E-state index is -0.317. The molecule has 1 aliphatic rings. The minimum Gasteiger partial charge on any atom is -0.352 e. The maximum atomic E-state index is 12.4. The Morgan fingerprint density at radius 2 is 1.75 bits per heavy atom. The molecule has 5 nitrogen and oxygen atoms in total. The van der Waals surface area contributed by atoms with Crippen LogP contribution in [0.1, 0.15) is 55.7 Å². The smallest absolute Gasteiger partial charge is 0.227 e. The number of amides is 2. The first kappa shape index (κ1) is 20.1. The first-order valence-electron chi connectivity index (χ1n) is 10.1. The van der Waals surface area contributed by atoms with Gasteiger partial charge in [0.2, 0.25) is 11.8 Å². The van der Waals surface area contributed by atoms with E-state index in [1.807, 2.05) is 54.6 Å². The Bertz CT molecular complexity index is 785. The zero-order valence-electron chi connectivity index (χ0n) is 16.2. The Hall–Kier alpha value is -2.66. The number of carbonyl (C=O) groups is 2. The zero-order valence-corrected chi connectivity index (χ0v) is 16.2. The quantitative estimate of drug-likeness (QED) is 0.682. The first-order chi connectivity index (χ1) is 13.6. The van der Waals surface area contributed by atoms with E-state index in [2.05, 4.69) is 10.6 Å². The highest BCUT2D eigenvalue weighted by Gasteiger charge is 2.21. The molecule has 5 heteroatoms. The van der Waals surface area contributed by atoms with Gasteiger partial charge in [0.15, 0.2) is 0 Å². The molecule has 1 aliphatic carbocycles. The molecule has 0 saturated heterocycles. The largest absolute Gasteiger partial charge is 0.352 e. The summed E-state index contributed by atoms with van der Waals surface area (Å²) >= 11 is 0. The Balaban J connectivity index is 1.48. The molecular formula is C23H29N3O2. The predicted molar refractivity (Wildman–Crippen MR) is 111 cm³/mol. The molecule has 2 amide bonds. The van der Waals surface area contributed by atoms with Gasteiger partial charge in [-0.25, -0.2) is 0 Å². The molecule has 1 saturated carbocycles. The molecule has 0 spiro atoms. The van der Waals surface area contributed by atoms with Crippen LogP contribution in [0, 0.1) is 5.92 Å². The van der Waals surface area contributed by atoms with Crippen molar-refractivity contribution >= 4 is 17.5 Å². The van der Waals surface area contributed by atoms with Crippen LogP contribution in [0.5, 0.6) is 0 Å². The second kappa shape index (κ2) is 10.0. The van der Waals surface area contributed by atoms with E-state index in [1.54, 1.807) is 0 Å². The summed E-state index contributed by atoms with van der Waals surface area (Å²) in [6.07, 6.45) is 5.69. The van der Waals surface area contributed by atoms with Gasteiger partial charge < -0.3 is 16.4 Å². The molecule has 2 aromatic rings. The van der Waals surface area contributed by atoms with Crippen LogP contribution in [0.3, 0.4) is 0 Å². The molecule has 148 valence electrons. The van der Waals surface area contributed by atoms with Gasteiger partial charge >= 0.3 is 0 Å². The van der Waals surface area contributed by atoms with E-state index in [1.165, 1.54) is 6.42 Å². The molecule has 0 radical (unpaired) electrons. The van der Waals surface area contributed by atoms with Gasteiger partial charge in [0.25, 0.3) is 0 Å². The van der Waals surface area contributed by atoms with Crippen LogP contribution in [-0.4, -0.2) is 11.8 Å². The van der Waals surface area contributed by atoms with Crippen molar-refractivity contribution < 1.29 is 9.59 Å². The Morgan fingerprint density at radius 1 is 1.00 bits per heavy atom. The van der Waals surface area contributed by atoms with Crippen molar-refractivity contribution in [2.45, 2.75) is 51.1 Å². The summed E-state index contributed by atoms with van der Waals surface area (Å²) in [5.41, 5.74) is 8.78. The molecule has 0 aliphatic heterocycles. The third-order valence-corrected chi connectivity index (χ3v) is 5.29. The lowest BCUT2D eigenvalue weighted by atomic mass is 9.88. The number of nitrogens with one attached hydrogen (secondary N) is 2. The van der Waals surface area contributed by atoms with Crippen LogP contribution in [-0.2, 0) is 16.1 Å². The molecule has 3 rings (SSSR count). The van der Waals surface area contributed by atoms with E-state index >= 15 is 0 Å². The fraction of sp³-hybridized carbons (Fsp3) is 0.391. The van der Waals surface area contributed by atoms with Gasteiger partial charge in [0, 0.05) is 30.6 Å². The normalized spacial score (nSPS) is 15.6. The molecule has 0 bridgehead atoms. The fourth-order valence-corrected chi connectivity index (χ4v) is 3.66. The van der Waals surface area contributed by atoms with Gasteiger partial charge in [-0.3, -0.25) is 9.59 Å². The summed E-state index contributed by atoms with van der Waals surface area (Å²) in [6.45, 7) is 0.410. The monoisotopic (exact) mass is 379 g/mol. The van der Waals surface area contributed by atoms with Crippen molar-refractivity contribution in [2.75, 3.05) is 5.32 Å². The summed E-state index contributed by atoms with van der Waals surface area (Å²) in [6, 6.07) is 16.9. The SMILES string of the molecule is NC(CC(=O)NCc1cccc(NC(=O)C2CCCCC2)c1)c1ccccc1. The van der Waals surface area contributed by atoms with Gasteiger partial charge in [-0.1, -0.05) is 61.7 Å². The minimum absolute atomic E-state index is 0.0898. The summed E-state index contributed by atoms with van der Waals surface area (Å²) in [5.74, 6) is 0.138. The van der Waals surface area contributed by atoms with Crippen LogP contribution in [0.2, 0.25) is 0 Å². The van der Waals surface area contributed by atoms with Crippen molar-refractivity contribution in [1.29, 1.82) is 0 Å². The molecule has 1 fully saturated rings. The van der Waals surface area contributed by atoms with Crippen LogP contribution in [0.15, 0.2) is 54.6 Å². The molecule has 1 unspecified atom stereocenters. The standard InChI is InChI=1S/C23H29N3O2/c24-21(18-9-3-1-4-10-18)15-22(27)25-16-17-8-7-13-20(14-17)26-23(28)19-11-5-2-6-12-19/h1,3-4,7-10,13-14,19,21H,2,5-6,11-12,15-16,24H2,(H,25,27)(H,26,28). The van der Waals surface area contributed by atoms with Crippen LogP contribution < -0.4 is 16.4 Å². The van der Waals surface area contributed by atoms with Crippen LogP contribution in [0.25, 0.3) is 0 Å². The van der Waals surface area contributed by atoms with E-state index in [4.69, 9.17) is 5.73 Å². The lowest BCUT2D eigenvalue weighted by Crippen LogP contribution is -2.27. The van der Waals surface area contributed by atoms with Gasteiger partial charge in [-0.15, -0.1) is 0 Å². The highest BCUT2D eigenvalue weighted by Crippen LogP contribution is 2.25. The number of nitrogens with two attached hydrogens (primary N) is 1. The lowest BCUT2D eigenvalue weighted by molar-refractivity contribution is -0.122. The van der Waals surface area contributed by atoms with Gasteiger partial charge in [0.1, 0.15) is 0 Å². The average molecular weight is 380 g/mol. The second-order valence-corrected chi connectivity index (χ2v) is 7.52. The first-order valence-corrected chi connectivity index (χ1v) is 10.1. The Labute approximate surface area is 166 Å². The third-order valence-electron chi connectivity index (χ3n) is 5.29. The molecule has 0 heterocycles. The lowest BCUT2D eigenvalue weighted by Gasteiger charge is -2.21. The fourth-order valence-electron chi connectivity index (χ4n) is 3.66. The van der Waals surface area contributed by atoms with E-state index in [9.17, 15) is 9.59 Å². The summed E-state index contributed by atoms with van der Waals surface area (Å²) in [4.78, 5) is 24.6. The molecule has 2 aromatic carbocycles. The van der Waals surface area contributed by atoms with Gasteiger partial charge in [-0.05, 0) is 36.1 Å². The van der Waals surface area contributed by atoms with E-state index in [0.717, 1.165) is 42.5 Å². The molecule has 0 aromatic heterocycles. The average Bonchev–Trinajstić information content (AvgIpc) is 2.74. The number of hydrogen-bond acceptors (Lipinski definition) is 3. The van der Waals surface area contributed by atoms with Gasteiger partial charge in [-0.2, -0.15) is 0 Å². The summed E-state index contributed by atoms with van der Waals surface area (Å²) < 4.78 is 0. The number of carbonyl (C=O) groups excluding carboxylic acids is 2. The van der Waals surface area contributed by atoms with Gasteiger partial charge in [0.05, 0.1) is 0 Å². The number of hydrogen-bond donors (Lipinski definition) is 3. The van der Waals surface area contributed by atoms with E-state index in [0.29, 0.717) is 6.54 Å². The van der Waals surface area contributed by atoms with Crippen molar-refractivity contribution in [3.05, 3.63) is 65.7 Å². The number of benzene rings is 2.